The molecule has 3 N–H and O–H groups in total. The van der Waals surface area contributed by atoms with Crippen molar-refractivity contribution >= 4 is 13.8 Å². The van der Waals surface area contributed by atoms with Gasteiger partial charge in [0.25, 0.3) is 0 Å². The fraction of sp³-hybridized carbons (Fsp3) is 0.830. The standard InChI is InChI=1S/C53H100NO7P/c1-3-5-7-9-11-13-15-17-19-21-23-25-27-29-31-33-35-37-39-41-43-45-48-58-50-52(51-60-62(56,57)59-49-47-54)61-53(55)46-44-42-40-38-36-34-32-30-28-26-24-22-20-18-16-14-12-10-8-6-4-2/h6,8,12,14,18,20,24,26,52H,3-5,7,9-11,13,15-17,19,21-23,25,27-51,54H2,1-2H3,(H,56,57)/b8-6-,14-12-,20-18-,26-24-. The molecule has 9 heteroatoms. The summed E-state index contributed by atoms with van der Waals surface area (Å²) in [5.41, 5.74) is 5.39. The lowest BCUT2D eigenvalue weighted by molar-refractivity contribution is -0.154. The van der Waals surface area contributed by atoms with Gasteiger partial charge in [0.2, 0.25) is 0 Å². The van der Waals surface area contributed by atoms with E-state index in [0.29, 0.717) is 13.0 Å². The Hall–Kier alpha value is -1.54. The second-order valence-electron chi connectivity index (χ2n) is 17.4. The topological polar surface area (TPSA) is 117 Å². The lowest BCUT2D eigenvalue weighted by Crippen LogP contribution is -2.28. The summed E-state index contributed by atoms with van der Waals surface area (Å²) in [5, 5.41) is 0. The van der Waals surface area contributed by atoms with E-state index < -0.39 is 13.9 Å². The number of esters is 1. The van der Waals surface area contributed by atoms with Crippen molar-refractivity contribution in [2.24, 2.45) is 5.73 Å². The van der Waals surface area contributed by atoms with Crippen LogP contribution in [0.15, 0.2) is 48.6 Å². The van der Waals surface area contributed by atoms with Gasteiger partial charge in [-0.2, -0.15) is 0 Å². The fourth-order valence-corrected chi connectivity index (χ4v) is 8.23. The number of hydrogen-bond donors (Lipinski definition) is 2. The highest BCUT2D eigenvalue weighted by molar-refractivity contribution is 7.47. The first-order valence-corrected chi connectivity index (χ1v) is 27.6. The second-order valence-corrected chi connectivity index (χ2v) is 18.8. The fourth-order valence-electron chi connectivity index (χ4n) is 7.46. The molecule has 0 radical (unpaired) electrons. The van der Waals surface area contributed by atoms with Gasteiger partial charge >= 0.3 is 13.8 Å². The summed E-state index contributed by atoms with van der Waals surface area (Å²) < 4.78 is 33.6. The molecule has 0 aliphatic heterocycles. The summed E-state index contributed by atoms with van der Waals surface area (Å²) in [6.07, 6.45) is 61.5. The lowest BCUT2D eigenvalue weighted by Gasteiger charge is -2.20. The van der Waals surface area contributed by atoms with Crippen LogP contribution in [0.4, 0.5) is 0 Å². The van der Waals surface area contributed by atoms with Crippen molar-refractivity contribution in [1.29, 1.82) is 0 Å². The van der Waals surface area contributed by atoms with Crippen molar-refractivity contribution in [2.75, 3.05) is 33.0 Å². The normalized spacial score (nSPS) is 13.7. The Morgan fingerprint density at radius 2 is 0.903 bits per heavy atom. The van der Waals surface area contributed by atoms with Gasteiger partial charge in [-0.15, -0.1) is 0 Å². The maximum atomic E-state index is 12.7. The zero-order valence-electron chi connectivity index (χ0n) is 40.6. The molecule has 0 aliphatic carbocycles. The molecule has 0 saturated carbocycles. The largest absolute Gasteiger partial charge is 0.472 e. The monoisotopic (exact) mass is 894 g/mol. The van der Waals surface area contributed by atoms with Crippen LogP contribution in [0.2, 0.25) is 0 Å². The van der Waals surface area contributed by atoms with Gasteiger partial charge in [-0.25, -0.2) is 4.57 Å². The first-order chi connectivity index (χ1) is 30.4. The molecule has 0 rings (SSSR count). The van der Waals surface area contributed by atoms with Gasteiger partial charge in [-0.05, 0) is 51.4 Å². The van der Waals surface area contributed by atoms with E-state index in [4.69, 9.17) is 24.3 Å². The third kappa shape index (κ3) is 49.5. The molecular weight excluding hydrogens is 794 g/mol. The minimum Gasteiger partial charge on any atom is -0.457 e. The molecule has 0 aliphatic rings. The number of allylic oxidation sites excluding steroid dienone is 8. The van der Waals surface area contributed by atoms with E-state index in [0.717, 1.165) is 64.2 Å². The molecule has 0 saturated heterocycles. The van der Waals surface area contributed by atoms with Crippen LogP contribution < -0.4 is 5.73 Å². The smallest absolute Gasteiger partial charge is 0.457 e. The summed E-state index contributed by atoms with van der Waals surface area (Å²) >= 11 is 0. The van der Waals surface area contributed by atoms with Gasteiger partial charge in [0.15, 0.2) is 0 Å². The third-order valence-electron chi connectivity index (χ3n) is 11.3. The number of carbonyl (C=O) groups is 1. The van der Waals surface area contributed by atoms with Gasteiger partial charge in [0.1, 0.15) is 6.10 Å². The number of hydrogen-bond acceptors (Lipinski definition) is 7. The molecule has 0 aromatic carbocycles. The molecule has 2 atom stereocenters. The summed E-state index contributed by atoms with van der Waals surface area (Å²) in [4.78, 5) is 22.6. The van der Waals surface area contributed by atoms with E-state index in [1.54, 1.807) is 0 Å². The Morgan fingerprint density at radius 3 is 1.35 bits per heavy atom. The van der Waals surface area contributed by atoms with E-state index in [-0.39, 0.29) is 32.3 Å². The lowest BCUT2D eigenvalue weighted by atomic mass is 10.0. The Labute approximate surface area is 383 Å². The average molecular weight is 894 g/mol. The summed E-state index contributed by atoms with van der Waals surface area (Å²) in [6.45, 7) is 4.84. The average Bonchev–Trinajstić information content (AvgIpc) is 3.26. The Balaban J connectivity index is 3.92. The highest BCUT2D eigenvalue weighted by Gasteiger charge is 2.25. The quantitative estimate of drug-likeness (QED) is 0.0268. The molecule has 0 bridgehead atoms. The molecule has 364 valence electrons. The summed E-state index contributed by atoms with van der Waals surface area (Å²) in [5.74, 6) is -0.335. The highest BCUT2D eigenvalue weighted by Crippen LogP contribution is 2.43. The van der Waals surface area contributed by atoms with Gasteiger partial charge in [-0.3, -0.25) is 13.8 Å². The van der Waals surface area contributed by atoms with Crippen LogP contribution in [-0.4, -0.2) is 49.9 Å². The number of carbonyl (C=O) groups excluding carboxylic acids is 1. The number of nitrogens with two attached hydrogens (primary N) is 1. The van der Waals surface area contributed by atoms with E-state index in [1.165, 1.54) is 161 Å². The van der Waals surface area contributed by atoms with Crippen molar-refractivity contribution in [3.05, 3.63) is 48.6 Å². The van der Waals surface area contributed by atoms with Crippen LogP contribution in [0.5, 0.6) is 0 Å². The first-order valence-electron chi connectivity index (χ1n) is 26.1. The van der Waals surface area contributed by atoms with Crippen LogP contribution in [0.25, 0.3) is 0 Å². The Bertz CT molecular complexity index is 1090. The predicted octanol–water partition coefficient (Wildman–Crippen LogP) is 16.3. The molecule has 0 amide bonds. The molecule has 2 unspecified atom stereocenters. The minimum atomic E-state index is -4.29. The SMILES string of the molecule is CC/C=C\C/C=C\C/C=C\C/C=C\CCCCCCCCCCC(=O)OC(COCCCCCCCCCCCCCCCCCCCCCCCC)COP(=O)(O)OCCN. The van der Waals surface area contributed by atoms with Crippen LogP contribution in [-0.2, 0) is 27.9 Å². The van der Waals surface area contributed by atoms with Gasteiger partial charge in [-0.1, -0.05) is 236 Å². The molecule has 62 heavy (non-hydrogen) atoms. The molecule has 0 aromatic rings. The maximum Gasteiger partial charge on any atom is 0.472 e. The van der Waals surface area contributed by atoms with E-state index in [2.05, 4.69) is 62.5 Å². The molecule has 0 spiro atoms. The number of phosphoric acid groups is 1. The van der Waals surface area contributed by atoms with Gasteiger partial charge < -0.3 is 20.1 Å². The summed E-state index contributed by atoms with van der Waals surface area (Å²) in [7, 11) is -4.29. The number of rotatable bonds is 50. The van der Waals surface area contributed by atoms with Crippen molar-refractivity contribution in [1.82, 2.24) is 0 Å². The van der Waals surface area contributed by atoms with Crippen LogP contribution in [0.1, 0.15) is 245 Å². The number of phosphoric ester groups is 1. The van der Waals surface area contributed by atoms with Gasteiger partial charge in [0.05, 0.1) is 19.8 Å². The molecule has 0 fully saturated rings. The molecule has 8 nitrogen and oxygen atoms in total. The van der Waals surface area contributed by atoms with E-state index in [9.17, 15) is 14.3 Å². The highest BCUT2D eigenvalue weighted by atomic mass is 31.2. The van der Waals surface area contributed by atoms with E-state index >= 15 is 0 Å². The summed E-state index contributed by atoms with van der Waals surface area (Å²) in [6, 6.07) is 0. The molecule has 0 aromatic heterocycles. The van der Waals surface area contributed by atoms with Crippen LogP contribution in [0, 0.1) is 0 Å². The minimum absolute atomic E-state index is 0.0970. The number of unbranched alkanes of at least 4 members (excludes halogenated alkanes) is 29. The maximum absolute atomic E-state index is 12.7. The predicted molar refractivity (Wildman–Crippen MR) is 266 cm³/mol. The second kappa shape index (κ2) is 50.5. The third-order valence-corrected chi connectivity index (χ3v) is 12.2. The molecular formula is C53H100NO7P. The first kappa shape index (κ1) is 60.5. The molecule has 0 heterocycles. The van der Waals surface area contributed by atoms with Crippen molar-refractivity contribution < 1.29 is 32.8 Å². The zero-order chi connectivity index (χ0) is 45.1. The Morgan fingerprint density at radius 1 is 0.500 bits per heavy atom. The van der Waals surface area contributed by atoms with Crippen molar-refractivity contribution in [2.45, 2.75) is 251 Å². The van der Waals surface area contributed by atoms with Crippen LogP contribution in [0.3, 0.4) is 0 Å². The van der Waals surface area contributed by atoms with Crippen molar-refractivity contribution in [3.63, 3.8) is 0 Å². The van der Waals surface area contributed by atoms with Gasteiger partial charge in [0, 0.05) is 19.6 Å². The van der Waals surface area contributed by atoms with Crippen LogP contribution >= 0.6 is 7.82 Å². The van der Waals surface area contributed by atoms with E-state index in [1.807, 2.05) is 0 Å². The Kier molecular flexibility index (Phi) is 49.2. The zero-order valence-corrected chi connectivity index (χ0v) is 41.5. The van der Waals surface area contributed by atoms with Crippen molar-refractivity contribution in [3.8, 4) is 0 Å². The number of ether oxygens (including phenoxy) is 2.